The molecule has 17 heavy (non-hydrogen) atoms. The van der Waals surface area contributed by atoms with Crippen molar-refractivity contribution in [2.45, 2.75) is 17.7 Å². The van der Waals surface area contributed by atoms with Crippen LogP contribution in [0.2, 0.25) is 0 Å². The fraction of sp³-hybridized carbons (Fsp3) is 0.333. The molecule has 2 heterocycles. The maximum atomic E-state index is 11.8. The molecular formula is C6H8N6O2S3. The summed E-state index contributed by atoms with van der Waals surface area (Å²) in [5, 5.41) is 15.5. The number of nitrogens with one attached hydrogen (secondary N) is 1. The molecule has 0 radical (unpaired) electrons. The van der Waals surface area contributed by atoms with Crippen LogP contribution >= 0.6 is 22.7 Å². The van der Waals surface area contributed by atoms with Crippen molar-refractivity contribution in [1.29, 1.82) is 0 Å². The molecule has 8 nitrogen and oxygen atoms in total. The Morgan fingerprint density at radius 1 is 1.24 bits per heavy atom. The average molecular weight is 292 g/mol. The molecule has 92 valence electrons. The van der Waals surface area contributed by atoms with Crippen LogP contribution in [0, 0.1) is 0 Å². The van der Waals surface area contributed by atoms with E-state index in [1.807, 2.05) is 6.92 Å². The van der Waals surface area contributed by atoms with Gasteiger partial charge >= 0.3 is 0 Å². The lowest BCUT2D eigenvalue weighted by Gasteiger charge is -1.98. The minimum atomic E-state index is -3.76. The maximum absolute atomic E-state index is 11.8. The normalized spacial score (nSPS) is 11.6. The zero-order valence-electron chi connectivity index (χ0n) is 8.61. The fourth-order valence-electron chi connectivity index (χ4n) is 0.925. The van der Waals surface area contributed by atoms with Crippen LogP contribution < -0.4 is 10.5 Å². The number of anilines is 2. The monoisotopic (exact) mass is 292 g/mol. The van der Waals surface area contributed by atoms with Crippen molar-refractivity contribution in [2.75, 3.05) is 10.5 Å². The van der Waals surface area contributed by atoms with E-state index in [0.717, 1.165) is 16.3 Å². The molecular weight excluding hydrogens is 284 g/mol. The second-order valence-corrected chi connectivity index (χ2v) is 6.79. The molecule has 0 aliphatic heterocycles. The number of nitrogens with two attached hydrogens (primary N) is 1. The molecule has 0 saturated heterocycles. The van der Waals surface area contributed by atoms with Gasteiger partial charge in [-0.05, 0) is 6.42 Å². The number of nitrogens with zero attached hydrogens (tertiary/aromatic N) is 4. The number of aryl methyl sites for hydroxylation is 1. The van der Waals surface area contributed by atoms with Gasteiger partial charge in [-0.15, -0.1) is 20.4 Å². The van der Waals surface area contributed by atoms with E-state index in [9.17, 15) is 8.42 Å². The first-order valence-corrected chi connectivity index (χ1v) is 7.57. The Hall–Kier alpha value is -1.33. The third-order valence-electron chi connectivity index (χ3n) is 1.64. The molecule has 0 fully saturated rings. The molecule has 2 rings (SSSR count). The summed E-state index contributed by atoms with van der Waals surface area (Å²) in [4.78, 5) is 0. The summed E-state index contributed by atoms with van der Waals surface area (Å²) in [5.41, 5.74) is 5.32. The van der Waals surface area contributed by atoms with Gasteiger partial charge in [0.25, 0.3) is 14.4 Å². The largest absolute Gasteiger partial charge is 0.374 e. The van der Waals surface area contributed by atoms with Crippen LogP contribution in [0.5, 0.6) is 0 Å². The van der Waals surface area contributed by atoms with Crippen molar-refractivity contribution < 1.29 is 8.42 Å². The van der Waals surface area contributed by atoms with Crippen LogP contribution in [-0.2, 0) is 16.4 Å². The number of rotatable bonds is 4. The standard InChI is InChI=1S/C6H8N6O2S3/c1-2-3-8-10-5(15-3)12-17(13,14)6-11-9-4(7)16-6/h2H2,1H3,(H2,7,9)(H,10,12). The molecule has 0 saturated carbocycles. The molecule has 0 aliphatic carbocycles. The highest BCUT2D eigenvalue weighted by atomic mass is 32.2. The molecule has 0 atom stereocenters. The molecule has 2 aromatic rings. The predicted molar refractivity (Wildman–Crippen MR) is 64.4 cm³/mol. The summed E-state index contributed by atoms with van der Waals surface area (Å²) in [6, 6.07) is 0. The molecule has 0 unspecified atom stereocenters. The van der Waals surface area contributed by atoms with Gasteiger partial charge in [-0.25, -0.2) is 0 Å². The number of hydrogen-bond donors (Lipinski definition) is 2. The van der Waals surface area contributed by atoms with E-state index in [-0.39, 0.29) is 14.6 Å². The predicted octanol–water partition coefficient (Wildman–Crippen LogP) is 0.335. The Morgan fingerprint density at radius 3 is 2.53 bits per heavy atom. The Labute approximate surface area is 105 Å². The van der Waals surface area contributed by atoms with Crippen LogP contribution in [0.3, 0.4) is 0 Å². The maximum Gasteiger partial charge on any atom is 0.293 e. The third kappa shape index (κ3) is 2.68. The van der Waals surface area contributed by atoms with E-state index in [1.165, 1.54) is 11.3 Å². The molecule has 11 heteroatoms. The molecule has 0 bridgehead atoms. The van der Waals surface area contributed by atoms with E-state index >= 15 is 0 Å². The Morgan fingerprint density at radius 2 is 2.00 bits per heavy atom. The first-order valence-electron chi connectivity index (χ1n) is 4.45. The molecule has 2 aromatic heterocycles. The van der Waals surface area contributed by atoms with E-state index in [4.69, 9.17) is 5.73 Å². The number of hydrogen-bond acceptors (Lipinski definition) is 9. The average Bonchev–Trinajstić information content (AvgIpc) is 2.86. The molecule has 3 N–H and O–H groups in total. The molecule has 0 aromatic carbocycles. The van der Waals surface area contributed by atoms with Crippen molar-refractivity contribution in [3.05, 3.63) is 5.01 Å². The second-order valence-electron chi connectivity index (χ2n) is 2.87. The van der Waals surface area contributed by atoms with Crippen molar-refractivity contribution >= 4 is 43.0 Å². The van der Waals surface area contributed by atoms with Gasteiger partial charge in [0.05, 0.1) is 0 Å². The highest BCUT2D eigenvalue weighted by molar-refractivity contribution is 7.94. The lowest BCUT2D eigenvalue weighted by Crippen LogP contribution is -2.12. The molecule has 0 aliphatic rings. The minimum Gasteiger partial charge on any atom is -0.374 e. The van der Waals surface area contributed by atoms with Gasteiger partial charge in [0.1, 0.15) is 5.01 Å². The lowest BCUT2D eigenvalue weighted by molar-refractivity contribution is 0.599. The first-order chi connectivity index (χ1) is 8.01. The summed E-state index contributed by atoms with van der Waals surface area (Å²) < 4.78 is 25.7. The number of aromatic nitrogens is 4. The second kappa shape index (κ2) is 4.50. The van der Waals surface area contributed by atoms with Crippen LogP contribution in [0.15, 0.2) is 4.34 Å². The molecule has 0 amide bonds. The highest BCUT2D eigenvalue weighted by Crippen LogP contribution is 2.22. The third-order valence-corrected chi connectivity index (χ3v) is 5.21. The smallest absolute Gasteiger partial charge is 0.293 e. The molecule has 0 spiro atoms. The zero-order valence-corrected chi connectivity index (χ0v) is 11.1. The number of nitrogen functional groups attached to an aromatic ring is 1. The van der Waals surface area contributed by atoms with E-state index in [0.29, 0.717) is 6.42 Å². The van der Waals surface area contributed by atoms with Crippen molar-refractivity contribution in [3.8, 4) is 0 Å². The zero-order chi connectivity index (χ0) is 12.5. The quantitative estimate of drug-likeness (QED) is 0.832. The van der Waals surface area contributed by atoms with Gasteiger partial charge in [-0.1, -0.05) is 29.6 Å². The Bertz CT molecular complexity index is 617. The first kappa shape index (κ1) is 12.1. The highest BCUT2D eigenvalue weighted by Gasteiger charge is 2.21. The summed E-state index contributed by atoms with van der Waals surface area (Å²) >= 11 is 1.96. The van der Waals surface area contributed by atoms with Gasteiger partial charge in [0.15, 0.2) is 0 Å². The van der Waals surface area contributed by atoms with Gasteiger partial charge in [-0.2, -0.15) is 8.42 Å². The fourth-order valence-corrected chi connectivity index (χ4v) is 3.62. The summed E-state index contributed by atoms with van der Waals surface area (Å²) in [6.07, 6.45) is 0.700. The van der Waals surface area contributed by atoms with Crippen molar-refractivity contribution in [1.82, 2.24) is 20.4 Å². The van der Waals surface area contributed by atoms with Crippen LogP contribution in [-0.4, -0.2) is 28.8 Å². The van der Waals surface area contributed by atoms with Gasteiger partial charge < -0.3 is 5.73 Å². The van der Waals surface area contributed by atoms with Crippen LogP contribution in [0.4, 0.5) is 10.3 Å². The van der Waals surface area contributed by atoms with Gasteiger partial charge in [-0.3, -0.25) is 4.72 Å². The lowest BCUT2D eigenvalue weighted by atomic mass is 10.5. The summed E-state index contributed by atoms with van der Waals surface area (Å²) in [7, 11) is -3.76. The van der Waals surface area contributed by atoms with Crippen molar-refractivity contribution in [3.63, 3.8) is 0 Å². The van der Waals surface area contributed by atoms with E-state index < -0.39 is 10.0 Å². The van der Waals surface area contributed by atoms with Crippen LogP contribution in [0.25, 0.3) is 0 Å². The van der Waals surface area contributed by atoms with Crippen LogP contribution in [0.1, 0.15) is 11.9 Å². The Balaban J connectivity index is 2.23. The number of sulfonamides is 1. The van der Waals surface area contributed by atoms with Gasteiger partial charge in [0.2, 0.25) is 10.3 Å². The van der Waals surface area contributed by atoms with E-state index in [1.54, 1.807) is 0 Å². The van der Waals surface area contributed by atoms with Crippen molar-refractivity contribution in [2.24, 2.45) is 0 Å². The summed E-state index contributed by atoms with van der Waals surface area (Å²) in [5.74, 6) is 0. The SMILES string of the molecule is CCc1nnc(NS(=O)(=O)c2nnc(N)s2)s1. The Kier molecular flexibility index (Phi) is 3.22. The topological polar surface area (TPSA) is 124 Å². The summed E-state index contributed by atoms with van der Waals surface area (Å²) in [6.45, 7) is 1.91. The van der Waals surface area contributed by atoms with E-state index in [2.05, 4.69) is 25.1 Å². The minimum absolute atomic E-state index is 0.0943. The van der Waals surface area contributed by atoms with Gasteiger partial charge in [0, 0.05) is 0 Å².